The minimum absolute atomic E-state index is 0.361. The number of nitrogen functional groups attached to an aromatic ring is 1. The molecule has 1 unspecified atom stereocenters. The van der Waals surface area contributed by atoms with E-state index in [-0.39, 0.29) is 0 Å². The summed E-state index contributed by atoms with van der Waals surface area (Å²) in [6.45, 7) is 0. The van der Waals surface area contributed by atoms with E-state index in [0.717, 1.165) is 0 Å². The van der Waals surface area contributed by atoms with Crippen molar-refractivity contribution in [2.24, 2.45) is 0 Å². The minimum atomic E-state index is -0.952. The van der Waals surface area contributed by atoms with E-state index in [1.165, 1.54) is 18.2 Å². The Morgan fingerprint density at radius 1 is 1.17 bits per heavy atom. The highest BCUT2D eigenvalue weighted by molar-refractivity contribution is 5.51. The number of aliphatic hydroxyl groups excluding tert-OH is 1. The Morgan fingerprint density at radius 2 is 1.83 bits per heavy atom. The van der Waals surface area contributed by atoms with Gasteiger partial charge in [-0.3, -0.25) is 0 Å². The molecule has 1 atom stereocenters. The molecule has 0 bridgehead atoms. The first-order valence-electron chi connectivity index (χ1n) is 5.48. The Kier molecular flexibility index (Phi) is 3.48. The molecule has 0 fully saturated rings. The average molecular weight is 247 g/mol. The van der Waals surface area contributed by atoms with Crippen LogP contribution in [0.4, 0.5) is 10.1 Å². The van der Waals surface area contributed by atoms with Gasteiger partial charge in [0.15, 0.2) is 0 Å². The molecule has 0 aromatic heterocycles. The lowest BCUT2D eigenvalue weighted by atomic mass is 10.00. The fourth-order valence-electron chi connectivity index (χ4n) is 1.75. The molecule has 0 spiro atoms. The lowest BCUT2D eigenvalue weighted by Crippen LogP contribution is -2.04. The molecule has 18 heavy (non-hydrogen) atoms. The maximum Gasteiger partial charge on any atom is 0.123 e. The van der Waals surface area contributed by atoms with Gasteiger partial charge in [0, 0.05) is 11.3 Å². The highest BCUT2D eigenvalue weighted by Gasteiger charge is 2.14. The third-order valence-electron chi connectivity index (χ3n) is 2.77. The predicted octanol–water partition coefficient (Wildman–Crippen LogP) is 2.50. The number of aliphatic hydroxyl groups is 1. The molecule has 3 nitrogen and oxygen atoms in total. The quantitative estimate of drug-likeness (QED) is 0.819. The summed E-state index contributed by atoms with van der Waals surface area (Å²) in [5, 5.41) is 10.2. The summed E-state index contributed by atoms with van der Waals surface area (Å²) < 4.78 is 18.2. The molecule has 0 aliphatic carbocycles. The monoisotopic (exact) mass is 247 g/mol. The zero-order chi connectivity index (χ0) is 13.1. The first-order chi connectivity index (χ1) is 8.61. The molecule has 94 valence electrons. The SMILES string of the molecule is COc1ccc(C(O)c2cc(F)ccc2N)cc1. The summed E-state index contributed by atoms with van der Waals surface area (Å²) in [6, 6.07) is 10.8. The van der Waals surface area contributed by atoms with Crippen LogP contribution in [0, 0.1) is 5.82 Å². The number of benzene rings is 2. The Labute approximate surface area is 105 Å². The van der Waals surface area contributed by atoms with Crippen molar-refractivity contribution in [3.05, 3.63) is 59.4 Å². The summed E-state index contributed by atoms with van der Waals surface area (Å²) in [4.78, 5) is 0. The van der Waals surface area contributed by atoms with E-state index in [4.69, 9.17) is 10.5 Å². The minimum Gasteiger partial charge on any atom is -0.497 e. The first kappa shape index (κ1) is 12.4. The average Bonchev–Trinajstić information content (AvgIpc) is 2.41. The fourth-order valence-corrected chi connectivity index (χ4v) is 1.75. The molecular formula is C14H14FNO2. The van der Waals surface area contributed by atoms with Gasteiger partial charge >= 0.3 is 0 Å². The standard InChI is InChI=1S/C14H14FNO2/c1-18-11-5-2-9(3-6-11)14(17)12-8-10(15)4-7-13(12)16/h2-8,14,17H,16H2,1H3. The van der Waals surface area contributed by atoms with E-state index < -0.39 is 11.9 Å². The Hall–Kier alpha value is -2.07. The molecule has 0 aliphatic heterocycles. The lowest BCUT2D eigenvalue weighted by Gasteiger charge is -2.14. The molecule has 2 aromatic carbocycles. The molecule has 4 heteroatoms. The zero-order valence-electron chi connectivity index (χ0n) is 9.93. The van der Waals surface area contributed by atoms with Crippen molar-refractivity contribution >= 4 is 5.69 Å². The summed E-state index contributed by atoms with van der Waals surface area (Å²) in [6.07, 6.45) is -0.952. The van der Waals surface area contributed by atoms with E-state index in [1.54, 1.807) is 31.4 Å². The van der Waals surface area contributed by atoms with Gasteiger partial charge in [0.2, 0.25) is 0 Å². The topological polar surface area (TPSA) is 55.5 Å². The summed E-state index contributed by atoms with van der Waals surface area (Å²) >= 11 is 0. The van der Waals surface area contributed by atoms with E-state index >= 15 is 0 Å². The molecule has 0 saturated heterocycles. The molecule has 0 radical (unpaired) electrons. The second-order valence-corrected chi connectivity index (χ2v) is 3.95. The van der Waals surface area contributed by atoms with Gasteiger partial charge in [0.1, 0.15) is 17.7 Å². The van der Waals surface area contributed by atoms with Crippen molar-refractivity contribution in [2.45, 2.75) is 6.10 Å². The molecule has 0 amide bonds. The molecule has 0 aliphatic rings. The maximum atomic E-state index is 13.2. The first-order valence-corrected chi connectivity index (χ1v) is 5.48. The summed E-state index contributed by atoms with van der Waals surface area (Å²) in [5.41, 5.74) is 7.09. The number of hydrogen-bond acceptors (Lipinski definition) is 3. The number of ether oxygens (including phenoxy) is 1. The number of nitrogens with two attached hydrogens (primary N) is 1. The number of hydrogen-bond donors (Lipinski definition) is 2. The van der Waals surface area contributed by atoms with Crippen LogP contribution in [0.15, 0.2) is 42.5 Å². The van der Waals surface area contributed by atoms with Crippen molar-refractivity contribution in [2.75, 3.05) is 12.8 Å². The van der Waals surface area contributed by atoms with Crippen LogP contribution < -0.4 is 10.5 Å². The maximum absolute atomic E-state index is 13.2. The van der Waals surface area contributed by atoms with Gasteiger partial charge in [-0.1, -0.05) is 12.1 Å². The van der Waals surface area contributed by atoms with Crippen molar-refractivity contribution < 1.29 is 14.2 Å². The van der Waals surface area contributed by atoms with Crippen molar-refractivity contribution in [1.82, 2.24) is 0 Å². The number of halogens is 1. The summed E-state index contributed by atoms with van der Waals surface area (Å²) in [5.74, 6) is 0.268. The third kappa shape index (κ3) is 2.43. The highest BCUT2D eigenvalue weighted by Crippen LogP contribution is 2.28. The predicted molar refractivity (Wildman–Crippen MR) is 67.9 cm³/mol. The molecule has 3 N–H and O–H groups in total. The van der Waals surface area contributed by atoms with Crippen LogP contribution in [0.1, 0.15) is 17.2 Å². The summed E-state index contributed by atoms with van der Waals surface area (Å²) in [7, 11) is 1.57. The van der Waals surface area contributed by atoms with E-state index in [1.807, 2.05) is 0 Å². The highest BCUT2D eigenvalue weighted by atomic mass is 19.1. The van der Waals surface area contributed by atoms with E-state index in [0.29, 0.717) is 22.6 Å². The lowest BCUT2D eigenvalue weighted by molar-refractivity contribution is 0.220. The number of anilines is 1. The van der Waals surface area contributed by atoms with Crippen molar-refractivity contribution in [3.63, 3.8) is 0 Å². The second-order valence-electron chi connectivity index (χ2n) is 3.95. The molecule has 2 aromatic rings. The Morgan fingerprint density at radius 3 is 2.44 bits per heavy atom. The second kappa shape index (κ2) is 5.06. The fraction of sp³-hybridized carbons (Fsp3) is 0.143. The molecular weight excluding hydrogens is 233 g/mol. The van der Waals surface area contributed by atoms with Gasteiger partial charge < -0.3 is 15.6 Å². The van der Waals surface area contributed by atoms with Gasteiger partial charge in [-0.15, -0.1) is 0 Å². The van der Waals surface area contributed by atoms with Gasteiger partial charge in [0.25, 0.3) is 0 Å². The third-order valence-corrected chi connectivity index (χ3v) is 2.77. The van der Waals surface area contributed by atoms with Crippen molar-refractivity contribution in [3.8, 4) is 5.75 Å². The molecule has 2 rings (SSSR count). The van der Waals surface area contributed by atoms with Crippen LogP contribution in [0.5, 0.6) is 5.75 Å². The van der Waals surface area contributed by atoms with Gasteiger partial charge in [-0.05, 0) is 35.9 Å². The van der Waals surface area contributed by atoms with Crippen LogP contribution in [0.25, 0.3) is 0 Å². The Balaban J connectivity index is 2.34. The van der Waals surface area contributed by atoms with Crippen LogP contribution >= 0.6 is 0 Å². The van der Waals surface area contributed by atoms with Gasteiger partial charge in [0.05, 0.1) is 7.11 Å². The van der Waals surface area contributed by atoms with Gasteiger partial charge in [-0.25, -0.2) is 4.39 Å². The van der Waals surface area contributed by atoms with Crippen LogP contribution in [-0.4, -0.2) is 12.2 Å². The largest absolute Gasteiger partial charge is 0.497 e. The number of methoxy groups -OCH3 is 1. The van der Waals surface area contributed by atoms with Crippen LogP contribution in [-0.2, 0) is 0 Å². The van der Waals surface area contributed by atoms with Crippen LogP contribution in [0.2, 0.25) is 0 Å². The number of rotatable bonds is 3. The van der Waals surface area contributed by atoms with E-state index in [9.17, 15) is 9.50 Å². The zero-order valence-corrected chi connectivity index (χ0v) is 9.93. The van der Waals surface area contributed by atoms with E-state index in [2.05, 4.69) is 0 Å². The molecule has 0 saturated carbocycles. The van der Waals surface area contributed by atoms with Gasteiger partial charge in [-0.2, -0.15) is 0 Å². The van der Waals surface area contributed by atoms with Crippen molar-refractivity contribution in [1.29, 1.82) is 0 Å². The smallest absolute Gasteiger partial charge is 0.123 e. The Bertz CT molecular complexity index is 540. The van der Waals surface area contributed by atoms with Crippen LogP contribution in [0.3, 0.4) is 0 Å². The normalized spacial score (nSPS) is 12.2. The molecule has 0 heterocycles.